The lowest BCUT2D eigenvalue weighted by Gasteiger charge is -2.22. The second-order valence-electron chi connectivity index (χ2n) is 4.22. The molecule has 100 valence electrons. The van der Waals surface area contributed by atoms with Gasteiger partial charge in [-0.05, 0) is 43.8 Å². The van der Waals surface area contributed by atoms with Crippen LogP contribution in [0.5, 0.6) is 0 Å². The first-order chi connectivity index (χ1) is 8.29. The summed E-state index contributed by atoms with van der Waals surface area (Å²) < 4.78 is 0. The number of amides is 1. The summed E-state index contributed by atoms with van der Waals surface area (Å²) in [6.45, 7) is 0.947. The molecular formula is C13H19ClN2OS. The van der Waals surface area contributed by atoms with E-state index in [1.165, 1.54) is 11.3 Å². The van der Waals surface area contributed by atoms with Crippen LogP contribution in [-0.4, -0.2) is 24.7 Å². The Morgan fingerprint density at radius 2 is 2.28 bits per heavy atom. The Morgan fingerprint density at radius 1 is 1.44 bits per heavy atom. The van der Waals surface area contributed by atoms with Crippen LogP contribution in [0.3, 0.4) is 0 Å². The van der Waals surface area contributed by atoms with Crippen molar-refractivity contribution in [2.45, 2.75) is 30.2 Å². The van der Waals surface area contributed by atoms with Crippen molar-refractivity contribution in [2.24, 2.45) is 0 Å². The molecule has 0 spiro atoms. The van der Waals surface area contributed by atoms with Crippen LogP contribution < -0.4 is 10.6 Å². The number of thioether (sulfide) groups is 1. The molecule has 1 aromatic rings. The summed E-state index contributed by atoms with van der Waals surface area (Å²) >= 11 is 1.68. The van der Waals surface area contributed by atoms with Crippen molar-refractivity contribution in [2.75, 3.05) is 18.1 Å². The molecule has 1 fully saturated rings. The lowest BCUT2D eigenvalue weighted by atomic mass is 10.0. The molecule has 1 saturated heterocycles. The minimum Gasteiger partial charge on any atom is -0.325 e. The molecule has 0 aromatic heterocycles. The molecule has 18 heavy (non-hydrogen) atoms. The fourth-order valence-electron chi connectivity index (χ4n) is 2.01. The van der Waals surface area contributed by atoms with Gasteiger partial charge in [0.05, 0.1) is 6.04 Å². The zero-order chi connectivity index (χ0) is 12.1. The van der Waals surface area contributed by atoms with Gasteiger partial charge in [-0.1, -0.05) is 12.5 Å². The molecule has 0 bridgehead atoms. The number of hydrogen-bond acceptors (Lipinski definition) is 3. The van der Waals surface area contributed by atoms with E-state index in [9.17, 15) is 4.79 Å². The molecule has 5 heteroatoms. The van der Waals surface area contributed by atoms with Crippen LogP contribution in [0.2, 0.25) is 0 Å². The molecule has 2 N–H and O–H groups in total. The van der Waals surface area contributed by atoms with E-state index >= 15 is 0 Å². The zero-order valence-electron chi connectivity index (χ0n) is 10.4. The fraction of sp³-hybridized carbons (Fsp3) is 0.462. The van der Waals surface area contributed by atoms with Crippen LogP contribution in [0, 0.1) is 0 Å². The predicted octanol–water partition coefficient (Wildman–Crippen LogP) is 2.91. The van der Waals surface area contributed by atoms with Gasteiger partial charge in [0.2, 0.25) is 5.91 Å². The third-order valence-electron chi connectivity index (χ3n) is 2.96. The van der Waals surface area contributed by atoms with E-state index in [2.05, 4.69) is 10.6 Å². The van der Waals surface area contributed by atoms with Crippen LogP contribution >= 0.6 is 24.2 Å². The molecule has 1 atom stereocenters. The molecule has 0 radical (unpaired) electrons. The summed E-state index contributed by atoms with van der Waals surface area (Å²) in [5.74, 6) is 0.0861. The van der Waals surface area contributed by atoms with E-state index in [0.717, 1.165) is 25.1 Å². The molecular weight excluding hydrogens is 268 g/mol. The van der Waals surface area contributed by atoms with Crippen molar-refractivity contribution >= 4 is 35.8 Å². The minimum atomic E-state index is -0.0262. The van der Waals surface area contributed by atoms with E-state index in [-0.39, 0.29) is 24.4 Å². The summed E-state index contributed by atoms with van der Waals surface area (Å²) in [6, 6.07) is 7.92. The second-order valence-corrected chi connectivity index (χ2v) is 5.10. The van der Waals surface area contributed by atoms with E-state index in [1.807, 2.05) is 30.5 Å². The number of carbonyl (C=O) groups excluding carboxylic acids is 1. The normalized spacial score (nSPS) is 18.8. The van der Waals surface area contributed by atoms with Gasteiger partial charge in [0, 0.05) is 10.6 Å². The predicted molar refractivity (Wildman–Crippen MR) is 79.7 cm³/mol. The summed E-state index contributed by atoms with van der Waals surface area (Å²) in [5, 5.41) is 6.22. The van der Waals surface area contributed by atoms with E-state index in [0.29, 0.717) is 0 Å². The number of anilines is 1. The van der Waals surface area contributed by atoms with Crippen molar-refractivity contribution in [3.05, 3.63) is 24.3 Å². The maximum Gasteiger partial charge on any atom is 0.241 e. The second kappa shape index (κ2) is 7.67. The first-order valence-electron chi connectivity index (χ1n) is 5.98. The molecule has 0 aliphatic carbocycles. The quantitative estimate of drug-likeness (QED) is 0.840. The highest BCUT2D eigenvalue weighted by atomic mass is 35.5. The molecule has 0 saturated carbocycles. The molecule has 2 rings (SSSR count). The highest BCUT2D eigenvalue weighted by Crippen LogP contribution is 2.19. The standard InChI is InChI=1S/C13H18N2OS.ClH/c1-17-11-6-4-5-10(9-11)15-13(16)12-7-2-3-8-14-12;/h4-6,9,12,14H,2-3,7-8H2,1H3,(H,15,16);1H. The van der Waals surface area contributed by atoms with Gasteiger partial charge in [0.1, 0.15) is 0 Å². The topological polar surface area (TPSA) is 41.1 Å². The Hall–Kier alpha value is -0.710. The number of piperidine rings is 1. The molecule has 3 nitrogen and oxygen atoms in total. The highest BCUT2D eigenvalue weighted by Gasteiger charge is 2.20. The lowest BCUT2D eigenvalue weighted by Crippen LogP contribution is -2.43. The summed E-state index contributed by atoms with van der Waals surface area (Å²) in [7, 11) is 0. The van der Waals surface area contributed by atoms with Gasteiger partial charge in [-0.2, -0.15) is 0 Å². The van der Waals surface area contributed by atoms with Crippen LogP contribution in [0.25, 0.3) is 0 Å². The van der Waals surface area contributed by atoms with Gasteiger partial charge in [-0.3, -0.25) is 4.79 Å². The maximum absolute atomic E-state index is 12.0. The number of nitrogens with one attached hydrogen (secondary N) is 2. The van der Waals surface area contributed by atoms with Gasteiger partial charge < -0.3 is 10.6 Å². The van der Waals surface area contributed by atoms with Gasteiger partial charge in [-0.25, -0.2) is 0 Å². The van der Waals surface area contributed by atoms with Crippen LogP contribution in [0.1, 0.15) is 19.3 Å². The lowest BCUT2D eigenvalue weighted by molar-refractivity contribution is -0.118. The van der Waals surface area contributed by atoms with E-state index in [4.69, 9.17) is 0 Å². The monoisotopic (exact) mass is 286 g/mol. The highest BCUT2D eigenvalue weighted by molar-refractivity contribution is 7.98. The summed E-state index contributed by atoms with van der Waals surface area (Å²) in [4.78, 5) is 13.2. The average molecular weight is 287 g/mol. The minimum absolute atomic E-state index is 0. The molecule has 1 aromatic carbocycles. The first-order valence-corrected chi connectivity index (χ1v) is 7.20. The SMILES string of the molecule is CSc1cccc(NC(=O)C2CCCCN2)c1.Cl. The van der Waals surface area contributed by atoms with Crippen molar-refractivity contribution in [1.29, 1.82) is 0 Å². The maximum atomic E-state index is 12.0. The zero-order valence-corrected chi connectivity index (χ0v) is 12.1. The molecule has 1 unspecified atom stereocenters. The van der Waals surface area contributed by atoms with Gasteiger partial charge >= 0.3 is 0 Å². The Labute approximate surface area is 119 Å². The largest absolute Gasteiger partial charge is 0.325 e. The first kappa shape index (κ1) is 15.3. The van der Waals surface area contributed by atoms with Crippen molar-refractivity contribution in [1.82, 2.24) is 5.32 Å². The Morgan fingerprint density at radius 3 is 2.94 bits per heavy atom. The summed E-state index contributed by atoms with van der Waals surface area (Å²) in [5.41, 5.74) is 0.884. The number of carbonyl (C=O) groups is 1. The Kier molecular flexibility index (Phi) is 6.54. The average Bonchev–Trinajstić information content (AvgIpc) is 2.40. The number of rotatable bonds is 3. The Bertz CT molecular complexity index is 394. The van der Waals surface area contributed by atoms with Crippen LogP contribution in [0.4, 0.5) is 5.69 Å². The van der Waals surface area contributed by atoms with E-state index in [1.54, 1.807) is 11.8 Å². The summed E-state index contributed by atoms with van der Waals surface area (Å²) in [6.07, 6.45) is 5.28. The van der Waals surface area contributed by atoms with Gasteiger partial charge in [0.15, 0.2) is 0 Å². The smallest absolute Gasteiger partial charge is 0.241 e. The molecule has 1 aliphatic heterocycles. The van der Waals surface area contributed by atoms with Crippen molar-refractivity contribution < 1.29 is 4.79 Å². The third-order valence-corrected chi connectivity index (χ3v) is 3.69. The number of halogens is 1. The van der Waals surface area contributed by atoms with Gasteiger partial charge in [0.25, 0.3) is 0 Å². The third kappa shape index (κ3) is 4.19. The molecule has 1 amide bonds. The number of hydrogen-bond donors (Lipinski definition) is 2. The fourth-order valence-corrected chi connectivity index (χ4v) is 2.47. The van der Waals surface area contributed by atoms with Gasteiger partial charge in [-0.15, -0.1) is 24.2 Å². The Balaban J connectivity index is 0.00000162. The van der Waals surface area contributed by atoms with Crippen molar-refractivity contribution in [3.8, 4) is 0 Å². The van der Waals surface area contributed by atoms with E-state index < -0.39 is 0 Å². The number of benzene rings is 1. The van der Waals surface area contributed by atoms with Crippen LogP contribution in [-0.2, 0) is 4.79 Å². The molecule has 1 heterocycles. The van der Waals surface area contributed by atoms with Crippen LogP contribution in [0.15, 0.2) is 29.2 Å². The molecule has 1 aliphatic rings. The van der Waals surface area contributed by atoms with Crippen molar-refractivity contribution in [3.63, 3.8) is 0 Å².